The van der Waals surface area contributed by atoms with E-state index in [1.54, 1.807) is 7.11 Å². The summed E-state index contributed by atoms with van der Waals surface area (Å²) in [6.07, 6.45) is 3.39. The number of nitrogens with zero attached hydrogens (tertiary/aromatic N) is 3. The zero-order chi connectivity index (χ0) is 15.9. The molecule has 1 fully saturated rings. The molecule has 0 atom stereocenters. The molecule has 0 spiro atoms. The third kappa shape index (κ3) is 4.20. The number of benzene rings is 1. The van der Waals surface area contributed by atoms with Gasteiger partial charge in [0.15, 0.2) is 0 Å². The van der Waals surface area contributed by atoms with Crippen LogP contribution in [0.5, 0.6) is 0 Å². The summed E-state index contributed by atoms with van der Waals surface area (Å²) in [7, 11) is 1.73. The minimum absolute atomic E-state index is 0.753. The molecule has 1 saturated heterocycles. The molecule has 0 saturated carbocycles. The van der Waals surface area contributed by atoms with Crippen LogP contribution < -0.4 is 10.2 Å². The van der Waals surface area contributed by atoms with Crippen LogP contribution in [0.4, 0.5) is 11.8 Å². The van der Waals surface area contributed by atoms with E-state index < -0.39 is 0 Å². The lowest BCUT2D eigenvalue weighted by atomic mass is 10.1. The molecule has 122 valence electrons. The van der Waals surface area contributed by atoms with Crippen molar-refractivity contribution in [2.45, 2.75) is 19.3 Å². The summed E-state index contributed by atoms with van der Waals surface area (Å²) < 4.78 is 5.10. The molecule has 0 bridgehead atoms. The monoisotopic (exact) mass is 312 g/mol. The van der Waals surface area contributed by atoms with E-state index in [1.807, 2.05) is 24.3 Å². The lowest BCUT2D eigenvalue weighted by Gasteiger charge is -2.17. The molecule has 23 heavy (non-hydrogen) atoms. The molecule has 1 aliphatic heterocycles. The lowest BCUT2D eigenvalue weighted by molar-refractivity contribution is 0.198. The maximum absolute atomic E-state index is 5.10. The number of methoxy groups -OCH3 is 1. The van der Waals surface area contributed by atoms with Crippen LogP contribution in [0.3, 0.4) is 0 Å². The Labute approximate surface area is 137 Å². The SMILES string of the molecule is COCCCNc1cc(-c2ccccc2)nc(N2CCCC2)n1. The highest BCUT2D eigenvalue weighted by Crippen LogP contribution is 2.24. The van der Waals surface area contributed by atoms with Crippen molar-refractivity contribution in [2.75, 3.05) is 43.6 Å². The van der Waals surface area contributed by atoms with Gasteiger partial charge in [0.1, 0.15) is 5.82 Å². The molecule has 3 rings (SSSR count). The van der Waals surface area contributed by atoms with Gasteiger partial charge in [-0.05, 0) is 19.3 Å². The largest absolute Gasteiger partial charge is 0.385 e. The van der Waals surface area contributed by atoms with Crippen molar-refractivity contribution in [1.82, 2.24) is 9.97 Å². The van der Waals surface area contributed by atoms with Gasteiger partial charge in [-0.1, -0.05) is 30.3 Å². The van der Waals surface area contributed by atoms with Crippen molar-refractivity contribution in [1.29, 1.82) is 0 Å². The van der Waals surface area contributed by atoms with Gasteiger partial charge in [-0.3, -0.25) is 0 Å². The highest BCUT2D eigenvalue weighted by atomic mass is 16.5. The second kappa shape index (κ2) is 7.92. The third-order valence-corrected chi connectivity index (χ3v) is 4.00. The van der Waals surface area contributed by atoms with E-state index in [0.717, 1.165) is 55.7 Å². The van der Waals surface area contributed by atoms with Crippen LogP contribution >= 0.6 is 0 Å². The zero-order valence-electron chi connectivity index (χ0n) is 13.7. The minimum atomic E-state index is 0.753. The fraction of sp³-hybridized carbons (Fsp3) is 0.444. The number of hydrogen-bond donors (Lipinski definition) is 1. The van der Waals surface area contributed by atoms with Crippen molar-refractivity contribution < 1.29 is 4.74 Å². The van der Waals surface area contributed by atoms with E-state index in [4.69, 9.17) is 14.7 Å². The number of nitrogens with one attached hydrogen (secondary N) is 1. The molecule has 0 radical (unpaired) electrons. The molecule has 1 N–H and O–H groups in total. The highest BCUT2D eigenvalue weighted by Gasteiger charge is 2.17. The van der Waals surface area contributed by atoms with Crippen molar-refractivity contribution in [2.24, 2.45) is 0 Å². The highest BCUT2D eigenvalue weighted by molar-refractivity contribution is 5.64. The fourth-order valence-electron chi connectivity index (χ4n) is 2.77. The van der Waals surface area contributed by atoms with Gasteiger partial charge in [0.2, 0.25) is 5.95 Å². The van der Waals surface area contributed by atoms with Crippen LogP contribution in [0.1, 0.15) is 19.3 Å². The average molecular weight is 312 g/mol. The number of rotatable bonds is 7. The Bertz CT molecular complexity index is 612. The van der Waals surface area contributed by atoms with Gasteiger partial charge in [0.25, 0.3) is 0 Å². The van der Waals surface area contributed by atoms with Crippen molar-refractivity contribution >= 4 is 11.8 Å². The van der Waals surface area contributed by atoms with Crippen LogP contribution in [0.2, 0.25) is 0 Å². The maximum Gasteiger partial charge on any atom is 0.227 e. The Morgan fingerprint density at radius 1 is 1.13 bits per heavy atom. The summed E-state index contributed by atoms with van der Waals surface area (Å²) in [6.45, 7) is 3.68. The van der Waals surface area contributed by atoms with Crippen LogP contribution in [0.25, 0.3) is 11.3 Å². The van der Waals surface area contributed by atoms with Crippen LogP contribution in [-0.2, 0) is 4.74 Å². The normalized spacial score (nSPS) is 14.2. The van der Waals surface area contributed by atoms with Crippen molar-refractivity contribution in [3.8, 4) is 11.3 Å². The summed E-state index contributed by atoms with van der Waals surface area (Å²) in [5.74, 6) is 1.72. The summed E-state index contributed by atoms with van der Waals surface area (Å²) in [5.41, 5.74) is 2.09. The zero-order valence-corrected chi connectivity index (χ0v) is 13.7. The molecule has 1 aromatic carbocycles. The fourth-order valence-corrected chi connectivity index (χ4v) is 2.77. The quantitative estimate of drug-likeness (QED) is 0.796. The molecular weight excluding hydrogens is 288 g/mol. The van der Waals surface area contributed by atoms with E-state index in [0.29, 0.717) is 0 Å². The Kier molecular flexibility index (Phi) is 5.42. The summed E-state index contributed by atoms with van der Waals surface area (Å²) in [6, 6.07) is 12.3. The molecule has 1 aliphatic rings. The Morgan fingerprint density at radius 3 is 2.65 bits per heavy atom. The van der Waals surface area contributed by atoms with Gasteiger partial charge in [0, 0.05) is 45.0 Å². The van der Waals surface area contributed by atoms with E-state index in [-0.39, 0.29) is 0 Å². The molecule has 1 aromatic heterocycles. The summed E-state index contributed by atoms with van der Waals surface area (Å²) in [5, 5.41) is 3.40. The van der Waals surface area contributed by atoms with E-state index in [9.17, 15) is 0 Å². The first kappa shape index (κ1) is 15.7. The lowest BCUT2D eigenvalue weighted by Crippen LogP contribution is -2.21. The average Bonchev–Trinajstić information content (AvgIpc) is 3.14. The molecular formula is C18H24N4O. The van der Waals surface area contributed by atoms with E-state index in [2.05, 4.69) is 22.3 Å². The smallest absolute Gasteiger partial charge is 0.227 e. The molecule has 0 aliphatic carbocycles. The second-order valence-electron chi connectivity index (χ2n) is 5.77. The summed E-state index contributed by atoms with van der Waals surface area (Å²) >= 11 is 0. The standard InChI is InChI=1S/C18H24N4O/c1-23-13-7-10-19-17-14-16(15-8-3-2-4-9-15)20-18(21-17)22-11-5-6-12-22/h2-4,8-9,14H,5-7,10-13H2,1H3,(H,19,20,21). The molecule has 2 heterocycles. The predicted octanol–water partition coefficient (Wildman–Crippen LogP) is 3.19. The topological polar surface area (TPSA) is 50.3 Å². The Hall–Kier alpha value is -2.14. The Balaban J connectivity index is 1.84. The third-order valence-electron chi connectivity index (χ3n) is 4.00. The van der Waals surface area contributed by atoms with E-state index in [1.165, 1.54) is 12.8 Å². The van der Waals surface area contributed by atoms with Crippen LogP contribution in [-0.4, -0.2) is 43.3 Å². The second-order valence-corrected chi connectivity index (χ2v) is 5.77. The minimum Gasteiger partial charge on any atom is -0.385 e. The number of ether oxygens (including phenoxy) is 1. The van der Waals surface area contributed by atoms with Gasteiger partial charge in [-0.15, -0.1) is 0 Å². The maximum atomic E-state index is 5.10. The number of hydrogen-bond acceptors (Lipinski definition) is 5. The molecule has 5 heteroatoms. The first-order valence-electron chi connectivity index (χ1n) is 8.29. The van der Waals surface area contributed by atoms with Gasteiger partial charge in [-0.2, -0.15) is 4.98 Å². The first-order valence-corrected chi connectivity index (χ1v) is 8.29. The van der Waals surface area contributed by atoms with Crippen molar-refractivity contribution in [3.05, 3.63) is 36.4 Å². The van der Waals surface area contributed by atoms with Crippen LogP contribution in [0, 0.1) is 0 Å². The molecule has 0 amide bonds. The molecule has 5 nitrogen and oxygen atoms in total. The first-order chi connectivity index (χ1) is 11.4. The van der Waals surface area contributed by atoms with Crippen LogP contribution in [0.15, 0.2) is 36.4 Å². The van der Waals surface area contributed by atoms with Gasteiger partial charge < -0.3 is 15.0 Å². The summed E-state index contributed by atoms with van der Waals surface area (Å²) in [4.78, 5) is 11.8. The predicted molar refractivity (Wildman–Crippen MR) is 93.9 cm³/mol. The Morgan fingerprint density at radius 2 is 1.91 bits per heavy atom. The van der Waals surface area contributed by atoms with E-state index >= 15 is 0 Å². The van der Waals surface area contributed by atoms with Crippen molar-refractivity contribution in [3.63, 3.8) is 0 Å². The molecule has 0 unspecified atom stereocenters. The van der Waals surface area contributed by atoms with Gasteiger partial charge >= 0.3 is 0 Å². The molecule has 2 aromatic rings. The van der Waals surface area contributed by atoms with Gasteiger partial charge in [-0.25, -0.2) is 4.98 Å². The number of aromatic nitrogens is 2. The number of anilines is 2. The van der Waals surface area contributed by atoms with Gasteiger partial charge in [0.05, 0.1) is 5.69 Å².